The number of fused-ring (bicyclic) bond motifs is 1. The van der Waals surface area contributed by atoms with Crippen LogP contribution in [-0.4, -0.2) is 46.2 Å². The van der Waals surface area contributed by atoms with Crippen LogP contribution in [0.25, 0.3) is 0 Å². The van der Waals surface area contributed by atoms with Crippen LogP contribution in [0.2, 0.25) is 0 Å². The lowest BCUT2D eigenvalue weighted by atomic mass is 10.1. The van der Waals surface area contributed by atoms with Gasteiger partial charge >= 0.3 is 0 Å². The van der Waals surface area contributed by atoms with E-state index in [9.17, 15) is 4.79 Å². The quantitative estimate of drug-likeness (QED) is 0.851. The van der Waals surface area contributed by atoms with E-state index in [2.05, 4.69) is 15.1 Å². The predicted molar refractivity (Wildman–Crippen MR) is 81.5 cm³/mol. The molecule has 5 nitrogen and oxygen atoms in total. The second-order valence-corrected chi connectivity index (χ2v) is 6.30. The molecule has 3 heterocycles. The van der Waals surface area contributed by atoms with Crippen LogP contribution in [-0.2, 0) is 0 Å². The van der Waals surface area contributed by atoms with E-state index in [0.29, 0.717) is 12.1 Å². The number of amides is 1. The van der Waals surface area contributed by atoms with Gasteiger partial charge in [-0.2, -0.15) is 0 Å². The van der Waals surface area contributed by atoms with Gasteiger partial charge in [0.15, 0.2) is 0 Å². The van der Waals surface area contributed by atoms with Gasteiger partial charge in [0.25, 0.3) is 5.91 Å². The number of nitrogens with zero attached hydrogens (tertiary/aromatic N) is 4. The van der Waals surface area contributed by atoms with E-state index in [1.165, 1.54) is 0 Å². The Kier molecular flexibility index (Phi) is 3.11. The summed E-state index contributed by atoms with van der Waals surface area (Å²) in [5.74, 6) is 0.155. The third-order valence-corrected chi connectivity index (χ3v) is 5.18. The van der Waals surface area contributed by atoms with Crippen LogP contribution in [0.15, 0.2) is 35.8 Å². The highest BCUT2D eigenvalue weighted by Gasteiger charge is 2.45. The van der Waals surface area contributed by atoms with E-state index in [1.54, 1.807) is 16.8 Å². The molecule has 2 atom stereocenters. The molecule has 0 N–H and O–H groups in total. The number of aromatic nitrogens is 2. The molecule has 1 amide bonds. The Bertz CT molecular complexity index is 630. The Morgan fingerprint density at radius 2 is 1.95 bits per heavy atom. The molecular formula is C15H16N4OS. The second-order valence-electron chi connectivity index (χ2n) is 5.49. The molecule has 0 radical (unpaired) electrons. The molecule has 0 bridgehead atoms. The molecule has 0 saturated carbocycles. The second kappa shape index (κ2) is 5.11. The van der Waals surface area contributed by atoms with Crippen LogP contribution < -0.4 is 4.90 Å². The number of anilines is 1. The van der Waals surface area contributed by atoms with Crippen LogP contribution in [0.3, 0.4) is 0 Å². The first-order valence-electron chi connectivity index (χ1n) is 7.23. The summed E-state index contributed by atoms with van der Waals surface area (Å²) in [5.41, 5.74) is 2.55. The maximum atomic E-state index is 12.7. The molecule has 2 aliphatic heterocycles. The fourth-order valence-electron chi connectivity index (χ4n) is 3.51. The van der Waals surface area contributed by atoms with Gasteiger partial charge in [-0.15, -0.1) is 10.2 Å². The summed E-state index contributed by atoms with van der Waals surface area (Å²) in [6.07, 6.45) is 2.03. The van der Waals surface area contributed by atoms with Gasteiger partial charge in [0, 0.05) is 18.7 Å². The number of likely N-dealkylation sites (tertiary alicyclic amines) is 1. The monoisotopic (exact) mass is 300 g/mol. The summed E-state index contributed by atoms with van der Waals surface area (Å²) in [6.45, 7) is 1.79. The van der Waals surface area contributed by atoms with E-state index >= 15 is 0 Å². The van der Waals surface area contributed by atoms with Gasteiger partial charge in [0.1, 0.15) is 5.51 Å². The summed E-state index contributed by atoms with van der Waals surface area (Å²) in [5, 5.41) is 9.09. The average molecular weight is 300 g/mol. The van der Waals surface area contributed by atoms with Gasteiger partial charge in [-0.25, -0.2) is 0 Å². The van der Waals surface area contributed by atoms with Crippen molar-refractivity contribution in [1.29, 1.82) is 0 Å². The zero-order valence-corrected chi connectivity index (χ0v) is 12.4. The van der Waals surface area contributed by atoms with Gasteiger partial charge in [0.05, 0.1) is 12.1 Å². The fourth-order valence-corrected chi connectivity index (χ4v) is 4.16. The van der Waals surface area contributed by atoms with E-state index in [-0.39, 0.29) is 5.91 Å². The lowest BCUT2D eigenvalue weighted by Crippen LogP contribution is -2.39. The van der Waals surface area contributed by atoms with Gasteiger partial charge in [0.2, 0.25) is 5.13 Å². The summed E-state index contributed by atoms with van der Waals surface area (Å²) < 4.78 is 0. The van der Waals surface area contributed by atoms with Crippen molar-refractivity contribution in [3.05, 3.63) is 41.4 Å². The molecule has 4 rings (SSSR count). The minimum absolute atomic E-state index is 0.155. The van der Waals surface area contributed by atoms with Gasteiger partial charge < -0.3 is 9.80 Å². The van der Waals surface area contributed by atoms with Crippen molar-refractivity contribution in [2.45, 2.75) is 24.9 Å². The SMILES string of the molecule is O=C(c1ccccc1)N1CC[C@@H]2[C@@H]1CCN2c1nncs1. The largest absolute Gasteiger partial charge is 0.341 e. The molecule has 2 aliphatic rings. The number of carbonyl (C=O) groups excluding carboxylic acids is 1. The molecule has 2 saturated heterocycles. The van der Waals surface area contributed by atoms with Crippen molar-refractivity contribution in [3.63, 3.8) is 0 Å². The molecule has 6 heteroatoms. The highest BCUT2D eigenvalue weighted by atomic mass is 32.1. The number of benzene rings is 1. The molecular weight excluding hydrogens is 284 g/mol. The highest BCUT2D eigenvalue weighted by Crippen LogP contribution is 2.36. The molecule has 21 heavy (non-hydrogen) atoms. The first kappa shape index (κ1) is 12.8. The van der Waals surface area contributed by atoms with Crippen LogP contribution in [0.5, 0.6) is 0 Å². The van der Waals surface area contributed by atoms with Crippen LogP contribution in [0.1, 0.15) is 23.2 Å². The standard InChI is InChI=1S/C15H16N4OS/c20-14(11-4-2-1-3-5-11)18-8-6-13-12(18)7-9-19(13)15-17-16-10-21-15/h1-5,10,12-13H,6-9H2/t12-,13+/m0/s1. The van der Waals surface area contributed by atoms with Crippen molar-refractivity contribution in [3.8, 4) is 0 Å². The van der Waals surface area contributed by atoms with Crippen molar-refractivity contribution < 1.29 is 4.79 Å². The van der Waals surface area contributed by atoms with Crippen LogP contribution in [0.4, 0.5) is 5.13 Å². The normalized spacial score (nSPS) is 24.4. The summed E-state index contributed by atoms with van der Waals surface area (Å²) in [6, 6.07) is 10.3. The van der Waals surface area contributed by atoms with Crippen molar-refractivity contribution in [1.82, 2.24) is 15.1 Å². The third kappa shape index (κ3) is 2.10. The van der Waals surface area contributed by atoms with E-state index in [4.69, 9.17) is 0 Å². The molecule has 1 aromatic heterocycles. The highest BCUT2D eigenvalue weighted by molar-refractivity contribution is 7.13. The zero-order valence-electron chi connectivity index (χ0n) is 11.6. The maximum absolute atomic E-state index is 12.7. The zero-order chi connectivity index (χ0) is 14.2. The smallest absolute Gasteiger partial charge is 0.254 e. The average Bonchev–Trinajstić information content (AvgIpc) is 3.24. The molecule has 108 valence electrons. The van der Waals surface area contributed by atoms with E-state index in [1.807, 2.05) is 35.2 Å². The Morgan fingerprint density at radius 1 is 1.14 bits per heavy atom. The van der Waals surface area contributed by atoms with Crippen molar-refractivity contribution in [2.24, 2.45) is 0 Å². The lowest BCUT2D eigenvalue weighted by Gasteiger charge is -2.25. The summed E-state index contributed by atoms with van der Waals surface area (Å²) >= 11 is 1.58. The number of rotatable bonds is 2. The molecule has 0 unspecified atom stereocenters. The van der Waals surface area contributed by atoms with Gasteiger partial charge in [-0.1, -0.05) is 29.5 Å². The minimum Gasteiger partial charge on any atom is -0.341 e. The maximum Gasteiger partial charge on any atom is 0.254 e. The van der Waals surface area contributed by atoms with Crippen molar-refractivity contribution >= 4 is 22.4 Å². The first-order chi connectivity index (χ1) is 10.3. The third-order valence-electron chi connectivity index (χ3n) is 4.45. The number of carbonyl (C=O) groups is 1. The Labute approximate surface area is 127 Å². The van der Waals surface area contributed by atoms with Gasteiger partial charge in [-0.3, -0.25) is 4.79 Å². The van der Waals surface area contributed by atoms with Gasteiger partial charge in [-0.05, 0) is 25.0 Å². The fraction of sp³-hybridized carbons (Fsp3) is 0.400. The molecule has 0 spiro atoms. The van der Waals surface area contributed by atoms with Crippen molar-refractivity contribution in [2.75, 3.05) is 18.0 Å². The molecule has 2 fully saturated rings. The lowest BCUT2D eigenvalue weighted by molar-refractivity contribution is 0.0737. The molecule has 0 aliphatic carbocycles. The minimum atomic E-state index is 0.155. The topological polar surface area (TPSA) is 49.3 Å². The number of hydrogen-bond acceptors (Lipinski definition) is 5. The van der Waals surface area contributed by atoms with E-state index < -0.39 is 0 Å². The van der Waals surface area contributed by atoms with E-state index in [0.717, 1.165) is 36.6 Å². The molecule has 1 aromatic carbocycles. The Morgan fingerprint density at radius 3 is 2.71 bits per heavy atom. The number of hydrogen-bond donors (Lipinski definition) is 0. The Hall–Kier alpha value is -1.95. The molecule has 2 aromatic rings. The summed E-state index contributed by atoms with van der Waals surface area (Å²) in [4.78, 5) is 17.0. The summed E-state index contributed by atoms with van der Waals surface area (Å²) in [7, 11) is 0. The van der Waals surface area contributed by atoms with Crippen LogP contribution >= 0.6 is 11.3 Å². The van der Waals surface area contributed by atoms with Crippen LogP contribution in [0, 0.1) is 0 Å². The first-order valence-corrected chi connectivity index (χ1v) is 8.11. The Balaban J connectivity index is 1.55. The predicted octanol–water partition coefficient (Wildman–Crippen LogP) is 2.03.